The fourth-order valence-electron chi connectivity index (χ4n) is 3.87. The Morgan fingerprint density at radius 1 is 0.759 bits per heavy atom. The molecular weight excluding hydrogens is 382 g/mol. The zero-order chi connectivity index (χ0) is 19.5. The van der Waals surface area contributed by atoms with E-state index >= 15 is 0 Å². The summed E-state index contributed by atoms with van der Waals surface area (Å²) in [6.07, 6.45) is 0. The van der Waals surface area contributed by atoms with Crippen LogP contribution in [0.3, 0.4) is 0 Å². The summed E-state index contributed by atoms with van der Waals surface area (Å²) in [5.74, 6) is 1.84. The number of nitrogens with zero attached hydrogens (tertiary/aromatic N) is 5. The Kier molecular flexibility index (Phi) is 5.32. The van der Waals surface area contributed by atoms with Crippen molar-refractivity contribution in [3.8, 4) is 10.6 Å². The zero-order valence-corrected chi connectivity index (χ0v) is 17.2. The van der Waals surface area contributed by atoms with Crippen molar-refractivity contribution in [3.05, 3.63) is 53.9 Å². The molecule has 6 nitrogen and oxygen atoms in total. The predicted molar refractivity (Wildman–Crippen MR) is 119 cm³/mol. The number of rotatable bonds is 4. The maximum Gasteiger partial charge on any atom is 0.228 e. The molecule has 2 fully saturated rings. The van der Waals surface area contributed by atoms with Gasteiger partial charge >= 0.3 is 0 Å². The molecule has 0 atom stereocenters. The van der Waals surface area contributed by atoms with E-state index in [1.807, 2.05) is 0 Å². The van der Waals surface area contributed by atoms with Crippen molar-refractivity contribution in [1.82, 2.24) is 9.97 Å². The molecule has 0 radical (unpaired) electrons. The summed E-state index contributed by atoms with van der Waals surface area (Å²) in [7, 11) is 0. The summed E-state index contributed by atoms with van der Waals surface area (Å²) in [6, 6.07) is 17.0. The highest BCUT2D eigenvalue weighted by molar-refractivity contribution is 7.13. The van der Waals surface area contributed by atoms with Crippen LogP contribution >= 0.6 is 11.3 Å². The lowest BCUT2D eigenvalue weighted by atomic mass is 10.2. The van der Waals surface area contributed by atoms with Crippen LogP contribution in [-0.2, 0) is 4.74 Å². The standard InChI is InChI=1S/C22H25N5OS/c1-2-5-18(6-3-1)25-8-10-26(11-9-25)21-17-19(20-7-4-16-29-20)23-22(24-21)27-12-14-28-15-13-27/h1-7,16-17H,8-15H2. The van der Waals surface area contributed by atoms with Crippen LogP contribution in [0.2, 0.25) is 0 Å². The number of benzene rings is 1. The molecule has 0 bridgehead atoms. The molecule has 2 aromatic heterocycles. The van der Waals surface area contributed by atoms with Gasteiger partial charge in [0.05, 0.1) is 23.8 Å². The van der Waals surface area contributed by atoms with Crippen molar-refractivity contribution in [2.24, 2.45) is 0 Å². The Balaban J connectivity index is 1.39. The highest BCUT2D eigenvalue weighted by Gasteiger charge is 2.22. The molecule has 150 valence electrons. The number of anilines is 3. The van der Waals surface area contributed by atoms with Gasteiger partial charge in [-0.2, -0.15) is 4.98 Å². The molecule has 1 aromatic carbocycles. The van der Waals surface area contributed by atoms with Crippen LogP contribution in [-0.4, -0.2) is 62.5 Å². The Morgan fingerprint density at radius 3 is 2.24 bits per heavy atom. The minimum Gasteiger partial charge on any atom is -0.378 e. The first-order valence-corrected chi connectivity index (χ1v) is 11.1. The third kappa shape index (κ3) is 4.06. The first-order valence-electron chi connectivity index (χ1n) is 10.2. The van der Waals surface area contributed by atoms with E-state index in [1.54, 1.807) is 11.3 Å². The summed E-state index contributed by atoms with van der Waals surface area (Å²) >= 11 is 1.72. The van der Waals surface area contributed by atoms with Crippen LogP contribution in [0.4, 0.5) is 17.5 Å². The Hall–Kier alpha value is -2.64. The van der Waals surface area contributed by atoms with Crippen molar-refractivity contribution in [3.63, 3.8) is 0 Å². The molecule has 2 saturated heterocycles. The van der Waals surface area contributed by atoms with Crippen molar-refractivity contribution < 1.29 is 4.74 Å². The van der Waals surface area contributed by atoms with Crippen LogP contribution in [0.5, 0.6) is 0 Å². The number of morpholine rings is 1. The van der Waals surface area contributed by atoms with Crippen molar-refractivity contribution in [2.75, 3.05) is 67.2 Å². The van der Waals surface area contributed by atoms with Gasteiger partial charge in [0.15, 0.2) is 0 Å². The Labute approximate surface area is 175 Å². The van der Waals surface area contributed by atoms with Gasteiger partial charge in [0, 0.05) is 51.0 Å². The van der Waals surface area contributed by atoms with Crippen LogP contribution in [0, 0.1) is 0 Å². The van der Waals surface area contributed by atoms with Gasteiger partial charge in [-0.05, 0) is 23.6 Å². The molecule has 29 heavy (non-hydrogen) atoms. The second-order valence-electron chi connectivity index (χ2n) is 7.30. The second-order valence-corrected chi connectivity index (χ2v) is 8.25. The first kappa shape index (κ1) is 18.4. The molecule has 0 N–H and O–H groups in total. The molecule has 0 saturated carbocycles. The largest absolute Gasteiger partial charge is 0.378 e. The highest BCUT2D eigenvalue weighted by Crippen LogP contribution is 2.29. The maximum absolute atomic E-state index is 5.51. The smallest absolute Gasteiger partial charge is 0.228 e. The van der Waals surface area contributed by atoms with E-state index in [0.29, 0.717) is 0 Å². The Bertz CT molecular complexity index is 920. The minimum atomic E-state index is 0.734. The summed E-state index contributed by atoms with van der Waals surface area (Å²) in [4.78, 5) is 18.1. The summed E-state index contributed by atoms with van der Waals surface area (Å²) < 4.78 is 5.51. The Morgan fingerprint density at radius 2 is 1.52 bits per heavy atom. The van der Waals surface area contributed by atoms with Crippen LogP contribution in [0.25, 0.3) is 10.6 Å². The van der Waals surface area contributed by atoms with E-state index in [1.165, 1.54) is 10.6 Å². The molecule has 5 rings (SSSR count). The molecule has 7 heteroatoms. The van der Waals surface area contributed by atoms with Gasteiger partial charge in [0.2, 0.25) is 5.95 Å². The number of para-hydroxylation sites is 1. The van der Waals surface area contributed by atoms with E-state index in [9.17, 15) is 0 Å². The molecule has 4 heterocycles. The second kappa shape index (κ2) is 8.39. The lowest BCUT2D eigenvalue weighted by Crippen LogP contribution is -2.47. The number of aromatic nitrogens is 2. The van der Waals surface area contributed by atoms with Gasteiger partial charge in [-0.3, -0.25) is 0 Å². The van der Waals surface area contributed by atoms with Crippen LogP contribution < -0.4 is 14.7 Å². The van der Waals surface area contributed by atoms with Gasteiger partial charge in [-0.1, -0.05) is 24.3 Å². The van der Waals surface area contributed by atoms with E-state index in [0.717, 1.165) is 69.9 Å². The molecule has 2 aliphatic rings. The third-order valence-corrected chi connectivity index (χ3v) is 6.39. The van der Waals surface area contributed by atoms with Gasteiger partial charge in [-0.25, -0.2) is 4.98 Å². The average Bonchev–Trinajstić information content (AvgIpc) is 3.35. The number of thiophene rings is 1. The normalized spacial score (nSPS) is 17.6. The average molecular weight is 408 g/mol. The van der Waals surface area contributed by atoms with Gasteiger partial charge in [-0.15, -0.1) is 11.3 Å². The molecule has 0 aliphatic carbocycles. The summed E-state index contributed by atoms with van der Waals surface area (Å²) in [6.45, 7) is 7.06. The third-order valence-electron chi connectivity index (χ3n) is 5.49. The fraction of sp³-hybridized carbons (Fsp3) is 0.364. The van der Waals surface area contributed by atoms with Crippen molar-refractivity contribution in [2.45, 2.75) is 0 Å². The number of piperazine rings is 1. The van der Waals surface area contributed by atoms with Crippen LogP contribution in [0.15, 0.2) is 53.9 Å². The van der Waals surface area contributed by atoms with E-state index in [2.05, 4.69) is 68.6 Å². The minimum absolute atomic E-state index is 0.734. The molecule has 0 spiro atoms. The lowest BCUT2D eigenvalue weighted by Gasteiger charge is -2.37. The zero-order valence-electron chi connectivity index (χ0n) is 16.4. The monoisotopic (exact) mass is 407 g/mol. The lowest BCUT2D eigenvalue weighted by molar-refractivity contribution is 0.122. The highest BCUT2D eigenvalue weighted by atomic mass is 32.1. The molecule has 3 aromatic rings. The molecule has 0 unspecified atom stereocenters. The molecule has 0 amide bonds. The number of hydrogen-bond donors (Lipinski definition) is 0. The maximum atomic E-state index is 5.51. The van der Waals surface area contributed by atoms with Gasteiger partial charge in [0.1, 0.15) is 5.82 Å². The van der Waals surface area contributed by atoms with Crippen molar-refractivity contribution in [1.29, 1.82) is 0 Å². The molecule has 2 aliphatic heterocycles. The van der Waals surface area contributed by atoms with Gasteiger partial charge in [0.25, 0.3) is 0 Å². The predicted octanol–water partition coefficient (Wildman–Crippen LogP) is 3.37. The fourth-order valence-corrected chi connectivity index (χ4v) is 4.56. The van der Waals surface area contributed by atoms with E-state index in [-0.39, 0.29) is 0 Å². The van der Waals surface area contributed by atoms with E-state index in [4.69, 9.17) is 14.7 Å². The van der Waals surface area contributed by atoms with E-state index < -0.39 is 0 Å². The number of ether oxygens (including phenoxy) is 1. The summed E-state index contributed by atoms with van der Waals surface area (Å²) in [5.41, 5.74) is 2.31. The first-order chi connectivity index (χ1) is 14.4. The molecular formula is C22H25N5OS. The van der Waals surface area contributed by atoms with Gasteiger partial charge < -0.3 is 19.4 Å². The summed E-state index contributed by atoms with van der Waals surface area (Å²) in [5, 5.41) is 2.10. The topological polar surface area (TPSA) is 44.7 Å². The quantitative estimate of drug-likeness (QED) is 0.661. The van der Waals surface area contributed by atoms with Crippen LogP contribution in [0.1, 0.15) is 0 Å². The SMILES string of the molecule is c1ccc(N2CCN(c3cc(-c4cccs4)nc(N4CCOCC4)n3)CC2)cc1. The van der Waals surface area contributed by atoms with Crippen molar-refractivity contribution >= 4 is 28.8 Å². The number of hydrogen-bond acceptors (Lipinski definition) is 7.